The number of nitro benzene ring substituents is 1. The summed E-state index contributed by atoms with van der Waals surface area (Å²) in [6, 6.07) is 5.11. The molecule has 0 saturated carbocycles. The van der Waals surface area contributed by atoms with Gasteiger partial charge in [0.25, 0.3) is 5.69 Å². The number of carbonyl (C=O) groups is 1. The summed E-state index contributed by atoms with van der Waals surface area (Å²) in [4.78, 5) is 26.0. The lowest BCUT2D eigenvalue weighted by Crippen LogP contribution is -2.51. The fraction of sp³-hybridized carbons (Fsp3) is 0.462. The van der Waals surface area contributed by atoms with E-state index in [1.807, 2.05) is 11.0 Å². The third-order valence-corrected chi connectivity index (χ3v) is 4.01. The van der Waals surface area contributed by atoms with Gasteiger partial charge in [-0.2, -0.15) is 0 Å². The van der Waals surface area contributed by atoms with E-state index < -0.39 is 4.92 Å². The fourth-order valence-corrected chi connectivity index (χ4v) is 2.92. The highest BCUT2D eigenvalue weighted by Crippen LogP contribution is 2.24. The number of piperazine rings is 1. The summed E-state index contributed by atoms with van der Waals surface area (Å²) in [7, 11) is 0. The van der Waals surface area contributed by atoms with Crippen LogP contribution in [0.1, 0.15) is 5.56 Å². The Morgan fingerprint density at radius 2 is 2.24 bits per heavy atom. The summed E-state index contributed by atoms with van der Waals surface area (Å²) in [6.45, 7) is 3.52. The van der Waals surface area contributed by atoms with Crippen molar-refractivity contribution in [1.82, 2.24) is 15.1 Å². The number of benzene rings is 1. The third-order valence-electron chi connectivity index (χ3n) is 4.01. The molecule has 3 rings (SSSR count). The van der Waals surface area contributed by atoms with Crippen molar-refractivity contribution in [2.24, 2.45) is 0 Å². The first kappa shape index (κ1) is 13.6. The Hall–Kier alpha value is -2.35. The zero-order valence-corrected chi connectivity index (χ0v) is 11.5. The maximum absolute atomic E-state index is 11.5. The van der Waals surface area contributed by atoms with Crippen LogP contribution in [0.5, 0.6) is 0 Å². The summed E-state index contributed by atoms with van der Waals surface area (Å²) >= 11 is 0. The minimum atomic E-state index is -0.462. The van der Waals surface area contributed by atoms with Crippen molar-refractivity contribution < 1.29 is 9.72 Å². The molecule has 1 aromatic carbocycles. The highest BCUT2D eigenvalue weighted by atomic mass is 16.6. The molecule has 2 aliphatic heterocycles. The molecule has 1 aromatic rings. The maximum atomic E-state index is 11.5. The van der Waals surface area contributed by atoms with E-state index >= 15 is 0 Å². The molecule has 0 radical (unpaired) electrons. The lowest BCUT2D eigenvalue weighted by Gasteiger charge is -2.36. The number of hydrogen-bond donors (Lipinski definition) is 2. The van der Waals surface area contributed by atoms with Gasteiger partial charge in [0.15, 0.2) is 0 Å². The largest absolute Gasteiger partial charge is 0.393 e. The monoisotopic (exact) mass is 291 g/mol. The molecule has 0 aromatic heterocycles. The van der Waals surface area contributed by atoms with Crippen LogP contribution in [-0.2, 0) is 6.54 Å². The van der Waals surface area contributed by atoms with E-state index in [1.165, 1.54) is 6.07 Å². The zero-order valence-electron chi connectivity index (χ0n) is 11.5. The van der Waals surface area contributed by atoms with Gasteiger partial charge in [-0.05, 0) is 11.6 Å². The van der Waals surface area contributed by atoms with Crippen molar-refractivity contribution in [2.75, 3.05) is 31.9 Å². The number of urea groups is 1. The molecule has 8 heteroatoms. The molecule has 2 saturated heterocycles. The van der Waals surface area contributed by atoms with Gasteiger partial charge in [-0.3, -0.25) is 15.0 Å². The molecule has 8 nitrogen and oxygen atoms in total. The van der Waals surface area contributed by atoms with E-state index in [0.717, 1.165) is 18.7 Å². The number of carbonyl (C=O) groups excluding carboxylic acids is 1. The molecule has 3 N–H and O–H groups in total. The number of nitrogens with one attached hydrogen (secondary N) is 1. The summed E-state index contributed by atoms with van der Waals surface area (Å²) in [6.07, 6.45) is 0. The van der Waals surface area contributed by atoms with Gasteiger partial charge in [0, 0.05) is 38.8 Å². The Morgan fingerprint density at radius 3 is 3.00 bits per heavy atom. The van der Waals surface area contributed by atoms with Gasteiger partial charge in [0.05, 0.1) is 11.0 Å². The highest BCUT2D eigenvalue weighted by Gasteiger charge is 2.35. The van der Waals surface area contributed by atoms with Gasteiger partial charge in [0.1, 0.15) is 5.69 Å². The number of nitrogens with zero attached hydrogens (tertiary/aromatic N) is 3. The SMILES string of the molecule is Nc1ccc(CN2CCN3C(=O)NCC3C2)cc1[N+](=O)[O-]. The number of fused-ring (bicyclic) bond motifs is 1. The van der Waals surface area contributed by atoms with Gasteiger partial charge in [0.2, 0.25) is 0 Å². The van der Waals surface area contributed by atoms with Gasteiger partial charge < -0.3 is 16.0 Å². The van der Waals surface area contributed by atoms with Crippen LogP contribution >= 0.6 is 0 Å². The molecular weight excluding hydrogens is 274 g/mol. The normalized spacial score (nSPS) is 22.0. The van der Waals surface area contributed by atoms with Crippen molar-refractivity contribution in [3.63, 3.8) is 0 Å². The van der Waals surface area contributed by atoms with Crippen LogP contribution in [-0.4, -0.2) is 53.0 Å². The number of rotatable bonds is 3. The summed E-state index contributed by atoms with van der Waals surface area (Å²) in [5.74, 6) is 0. The second-order valence-electron chi connectivity index (χ2n) is 5.42. The van der Waals surface area contributed by atoms with E-state index in [0.29, 0.717) is 19.6 Å². The first-order valence-corrected chi connectivity index (χ1v) is 6.84. The van der Waals surface area contributed by atoms with E-state index in [4.69, 9.17) is 5.73 Å². The summed E-state index contributed by atoms with van der Waals surface area (Å²) in [5, 5.41) is 13.7. The number of anilines is 1. The predicted molar refractivity (Wildman–Crippen MR) is 76.7 cm³/mol. The summed E-state index contributed by atoms with van der Waals surface area (Å²) < 4.78 is 0. The van der Waals surface area contributed by atoms with Gasteiger partial charge >= 0.3 is 6.03 Å². The molecule has 0 bridgehead atoms. The quantitative estimate of drug-likeness (QED) is 0.476. The van der Waals surface area contributed by atoms with Crippen LogP contribution in [0.3, 0.4) is 0 Å². The van der Waals surface area contributed by atoms with Gasteiger partial charge in [-0.25, -0.2) is 4.79 Å². The first-order valence-electron chi connectivity index (χ1n) is 6.84. The van der Waals surface area contributed by atoms with Crippen LogP contribution in [0.4, 0.5) is 16.2 Å². The Bertz CT molecular complexity index is 591. The van der Waals surface area contributed by atoms with Crippen LogP contribution in [0, 0.1) is 10.1 Å². The zero-order chi connectivity index (χ0) is 15.0. The van der Waals surface area contributed by atoms with Crippen molar-refractivity contribution in [3.05, 3.63) is 33.9 Å². The molecule has 21 heavy (non-hydrogen) atoms. The fourth-order valence-electron chi connectivity index (χ4n) is 2.92. The lowest BCUT2D eigenvalue weighted by molar-refractivity contribution is -0.384. The molecule has 0 spiro atoms. The van der Waals surface area contributed by atoms with Crippen molar-refractivity contribution in [1.29, 1.82) is 0 Å². The van der Waals surface area contributed by atoms with Crippen LogP contribution in [0.25, 0.3) is 0 Å². The van der Waals surface area contributed by atoms with Gasteiger partial charge in [-0.1, -0.05) is 6.07 Å². The topological polar surface area (TPSA) is 105 Å². The second-order valence-corrected chi connectivity index (χ2v) is 5.42. The van der Waals surface area contributed by atoms with E-state index in [1.54, 1.807) is 6.07 Å². The van der Waals surface area contributed by atoms with Crippen LogP contribution in [0.15, 0.2) is 18.2 Å². The Labute approximate surface area is 121 Å². The second kappa shape index (κ2) is 5.21. The van der Waals surface area contributed by atoms with E-state index in [2.05, 4.69) is 10.2 Å². The molecule has 2 heterocycles. The molecule has 2 amide bonds. The number of hydrogen-bond acceptors (Lipinski definition) is 5. The van der Waals surface area contributed by atoms with Gasteiger partial charge in [-0.15, -0.1) is 0 Å². The smallest absolute Gasteiger partial charge is 0.317 e. The molecule has 1 unspecified atom stereocenters. The Balaban J connectivity index is 1.69. The first-order chi connectivity index (χ1) is 10.0. The van der Waals surface area contributed by atoms with Crippen LogP contribution in [0.2, 0.25) is 0 Å². The van der Waals surface area contributed by atoms with Crippen LogP contribution < -0.4 is 11.1 Å². The maximum Gasteiger partial charge on any atom is 0.317 e. The number of nitro groups is 1. The van der Waals surface area contributed by atoms with Crippen molar-refractivity contribution in [3.8, 4) is 0 Å². The molecular formula is C13H17N5O3. The summed E-state index contributed by atoms with van der Waals surface area (Å²) in [5.41, 5.74) is 6.59. The average Bonchev–Trinajstić information content (AvgIpc) is 2.82. The highest BCUT2D eigenvalue weighted by molar-refractivity contribution is 5.77. The predicted octanol–water partition coefficient (Wildman–Crippen LogP) is 0.386. The molecule has 2 aliphatic rings. The van der Waals surface area contributed by atoms with E-state index in [9.17, 15) is 14.9 Å². The minimum absolute atomic E-state index is 0.00257. The Kier molecular flexibility index (Phi) is 3.38. The molecule has 2 fully saturated rings. The standard InChI is InChI=1S/C13H17N5O3/c14-11-2-1-9(5-12(11)18(20)21)7-16-3-4-17-10(8-16)6-15-13(17)19/h1-2,5,10H,3-4,6-8,14H2,(H,15,19). The lowest BCUT2D eigenvalue weighted by atomic mass is 10.1. The van der Waals surface area contributed by atoms with Crippen molar-refractivity contribution >= 4 is 17.4 Å². The molecule has 1 atom stereocenters. The Morgan fingerprint density at radius 1 is 1.43 bits per heavy atom. The number of nitrogen functional groups attached to an aromatic ring is 1. The number of nitrogens with two attached hydrogens (primary N) is 1. The third kappa shape index (κ3) is 2.62. The number of amides is 2. The molecule has 0 aliphatic carbocycles. The van der Waals surface area contributed by atoms with Crippen molar-refractivity contribution in [2.45, 2.75) is 12.6 Å². The van der Waals surface area contributed by atoms with E-state index in [-0.39, 0.29) is 23.4 Å². The minimum Gasteiger partial charge on any atom is -0.393 e. The molecule has 112 valence electrons. The average molecular weight is 291 g/mol.